The highest BCUT2D eigenvalue weighted by atomic mass is 16.2. The number of hydrogen-bond donors (Lipinski definition) is 1. The van der Waals surface area contributed by atoms with E-state index in [1.54, 1.807) is 0 Å². The first kappa shape index (κ1) is 16.7. The van der Waals surface area contributed by atoms with Gasteiger partial charge in [-0.3, -0.25) is 14.6 Å². The Morgan fingerprint density at radius 3 is 2.05 bits per heavy atom. The smallest absolute Gasteiger partial charge is 0.224 e. The van der Waals surface area contributed by atoms with Crippen LogP contribution in [-0.2, 0) is 4.79 Å². The Hall–Kier alpha value is -0.650. The van der Waals surface area contributed by atoms with Gasteiger partial charge in [0.15, 0.2) is 0 Å². The van der Waals surface area contributed by atoms with E-state index >= 15 is 0 Å². The molecule has 1 atom stereocenters. The van der Waals surface area contributed by atoms with Crippen LogP contribution >= 0.6 is 0 Å². The van der Waals surface area contributed by atoms with Crippen LogP contribution < -0.4 is 5.73 Å². The summed E-state index contributed by atoms with van der Waals surface area (Å²) in [5.74, 6) is 0.302. The summed E-state index contributed by atoms with van der Waals surface area (Å²) in [6.45, 7) is 11.2. The second-order valence-corrected chi connectivity index (χ2v) is 6.70. The molecule has 5 nitrogen and oxygen atoms in total. The van der Waals surface area contributed by atoms with Crippen molar-refractivity contribution >= 4 is 5.91 Å². The summed E-state index contributed by atoms with van der Waals surface area (Å²) in [4.78, 5) is 19.4. The molecule has 0 saturated carbocycles. The van der Waals surface area contributed by atoms with Crippen molar-refractivity contribution in [2.24, 2.45) is 5.73 Å². The van der Waals surface area contributed by atoms with Crippen LogP contribution in [0.2, 0.25) is 0 Å². The first-order valence-electron chi connectivity index (χ1n) is 8.57. The van der Waals surface area contributed by atoms with E-state index in [1.807, 2.05) is 4.90 Å². The Kier molecular flexibility index (Phi) is 6.45. The lowest BCUT2D eigenvalue weighted by Crippen LogP contribution is -2.55. The summed E-state index contributed by atoms with van der Waals surface area (Å²) in [5.41, 5.74) is 5.95. The molecule has 2 heterocycles. The van der Waals surface area contributed by atoms with Crippen LogP contribution in [0.15, 0.2) is 0 Å². The monoisotopic (exact) mass is 296 g/mol. The highest BCUT2D eigenvalue weighted by molar-refractivity contribution is 5.77. The number of nitrogens with zero attached hydrogens (tertiary/aromatic N) is 3. The molecule has 0 aliphatic carbocycles. The lowest BCUT2D eigenvalue weighted by Gasteiger charge is -2.41. The van der Waals surface area contributed by atoms with E-state index in [-0.39, 0.29) is 6.04 Å². The molecule has 122 valence electrons. The first-order chi connectivity index (χ1) is 10.1. The summed E-state index contributed by atoms with van der Waals surface area (Å²) in [7, 11) is 0. The first-order valence-corrected chi connectivity index (χ1v) is 8.57. The van der Waals surface area contributed by atoms with Gasteiger partial charge in [-0.25, -0.2) is 0 Å². The number of carbonyl (C=O) groups is 1. The molecule has 2 saturated heterocycles. The molecular formula is C16H32N4O. The Balaban J connectivity index is 1.81. The molecule has 1 amide bonds. The van der Waals surface area contributed by atoms with Crippen molar-refractivity contribution in [2.45, 2.75) is 51.6 Å². The number of piperidine rings is 1. The molecule has 2 fully saturated rings. The molecule has 5 heteroatoms. The van der Waals surface area contributed by atoms with Crippen molar-refractivity contribution < 1.29 is 4.79 Å². The molecule has 0 aromatic rings. The topological polar surface area (TPSA) is 52.8 Å². The maximum absolute atomic E-state index is 12.4. The number of piperazine rings is 1. The fourth-order valence-corrected chi connectivity index (χ4v) is 3.45. The van der Waals surface area contributed by atoms with Crippen LogP contribution in [0.3, 0.4) is 0 Å². The molecule has 0 aromatic heterocycles. The molecule has 21 heavy (non-hydrogen) atoms. The Bertz CT molecular complexity index is 320. The van der Waals surface area contributed by atoms with Crippen LogP contribution in [0.25, 0.3) is 0 Å². The lowest BCUT2D eigenvalue weighted by atomic mass is 10.1. The van der Waals surface area contributed by atoms with Crippen LogP contribution in [0.5, 0.6) is 0 Å². The average molecular weight is 296 g/mol. The van der Waals surface area contributed by atoms with Crippen LogP contribution in [0, 0.1) is 0 Å². The molecule has 0 aromatic carbocycles. The number of rotatable bonds is 5. The highest BCUT2D eigenvalue weighted by Gasteiger charge is 2.27. The molecule has 2 aliphatic heterocycles. The van der Waals surface area contributed by atoms with E-state index < -0.39 is 0 Å². The summed E-state index contributed by atoms with van der Waals surface area (Å²) in [5, 5.41) is 0. The average Bonchev–Trinajstić information content (AvgIpc) is 2.53. The second kappa shape index (κ2) is 8.11. The van der Waals surface area contributed by atoms with Crippen molar-refractivity contribution in [3.63, 3.8) is 0 Å². The fourth-order valence-electron chi connectivity index (χ4n) is 3.45. The van der Waals surface area contributed by atoms with E-state index in [1.165, 1.54) is 6.42 Å². The van der Waals surface area contributed by atoms with Crippen LogP contribution in [0.4, 0.5) is 0 Å². The molecule has 0 radical (unpaired) electrons. The van der Waals surface area contributed by atoms with Gasteiger partial charge in [0.1, 0.15) is 0 Å². The van der Waals surface area contributed by atoms with Gasteiger partial charge in [0.25, 0.3) is 0 Å². The zero-order valence-corrected chi connectivity index (χ0v) is 13.8. The van der Waals surface area contributed by atoms with Crippen LogP contribution in [-0.4, -0.2) is 78.5 Å². The second-order valence-electron chi connectivity index (χ2n) is 6.70. The van der Waals surface area contributed by atoms with Gasteiger partial charge in [-0.2, -0.15) is 0 Å². The largest absolute Gasteiger partial charge is 0.343 e. The predicted octanol–water partition coefficient (Wildman–Crippen LogP) is 0.742. The van der Waals surface area contributed by atoms with Gasteiger partial charge in [-0.15, -0.1) is 0 Å². The third-order valence-corrected chi connectivity index (χ3v) is 4.99. The van der Waals surface area contributed by atoms with Gasteiger partial charge in [0.2, 0.25) is 5.91 Å². The summed E-state index contributed by atoms with van der Waals surface area (Å²) >= 11 is 0. The van der Waals surface area contributed by atoms with E-state index in [4.69, 9.17) is 5.73 Å². The lowest BCUT2D eigenvalue weighted by molar-refractivity contribution is -0.133. The van der Waals surface area contributed by atoms with E-state index in [9.17, 15) is 4.79 Å². The molecule has 0 bridgehead atoms. The van der Waals surface area contributed by atoms with Gasteiger partial charge in [-0.05, 0) is 33.1 Å². The Morgan fingerprint density at radius 1 is 0.952 bits per heavy atom. The predicted molar refractivity (Wildman–Crippen MR) is 86.2 cm³/mol. The van der Waals surface area contributed by atoms with Gasteiger partial charge < -0.3 is 10.6 Å². The molecule has 2 N–H and O–H groups in total. The van der Waals surface area contributed by atoms with E-state index in [0.29, 0.717) is 24.9 Å². The minimum absolute atomic E-state index is 0.216. The molecule has 0 spiro atoms. The maximum atomic E-state index is 12.4. The van der Waals surface area contributed by atoms with Crippen molar-refractivity contribution in [3.05, 3.63) is 0 Å². The minimum Gasteiger partial charge on any atom is -0.343 e. The number of likely N-dealkylation sites (tertiary alicyclic amines) is 1. The third-order valence-electron chi connectivity index (χ3n) is 4.99. The summed E-state index contributed by atoms with van der Waals surface area (Å²) in [6.07, 6.45) is 4.18. The SMILES string of the molecule is CC(C)N1CCN(C(CN)CC(=O)N2CCCCC2)CC1. The standard InChI is InChI=1S/C16H32N4O/c1-14(2)18-8-10-19(11-9-18)15(13-17)12-16(21)20-6-4-3-5-7-20/h14-15H,3-13,17H2,1-2H3. The fraction of sp³-hybridized carbons (Fsp3) is 0.938. The number of carbonyl (C=O) groups excluding carboxylic acids is 1. The van der Waals surface area contributed by atoms with Crippen molar-refractivity contribution in [1.82, 2.24) is 14.7 Å². The zero-order valence-electron chi connectivity index (χ0n) is 13.8. The van der Waals surface area contributed by atoms with Gasteiger partial charge in [0.05, 0.1) is 0 Å². The van der Waals surface area contributed by atoms with Crippen molar-refractivity contribution in [2.75, 3.05) is 45.8 Å². The third kappa shape index (κ3) is 4.66. The van der Waals surface area contributed by atoms with Gasteiger partial charge in [-0.1, -0.05) is 0 Å². The normalized spacial score (nSPS) is 23.5. The number of nitrogens with two attached hydrogens (primary N) is 1. The number of hydrogen-bond acceptors (Lipinski definition) is 4. The van der Waals surface area contributed by atoms with E-state index in [2.05, 4.69) is 23.6 Å². The quantitative estimate of drug-likeness (QED) is 0.813. The van der Waals surface area contributed by atoms with E-state index in [0.717, 1.165) is 52.1 Å². The zero-order chi connectivity index (χ0) is 15.2. The van der Waals surface area contributed by atoms with Crippen molar-refractivity contribution in [3.8, 4) is 0 Å². The molecule has 2 rings (SSSR count). The summed E-state index contributed by atoms with van der Waals surface area (Å²) < 4.78 is 0. The van der Waals surface area contributed by atoms with Crippen LogP contribution in [0.1, 0.15) is 39.5 Å². The highest BCUT2D eigenvalue weighted by Crippen LogP contribution is 2.15. The molecule has 1 unspecified atom stereocenters. The van der Waals surface area contributed by atoms with Gasteiger partial charge in [0, 0.05) is 64.3 Å². The van der Waals surface area contributed by atoms with Gasteiger partial charge >= 0.3 is 0 Å². The molecular weight excluding hydrogens is 264 g/mol. The summed E-state index contributed by atoms with van der Waals surface area (Å²) in [6, 6.07) is 0.826. The Morgan fingerprint density at radius 2 is 1.52 bits per heavy atom. The number of amides is 1. The minimum atomic E-state index is 0.216. The molecule has 2 aliphatic rings. The van der Waals surface area contributed by atoms with Crippen molar-refractivity contribution in [1.29, 1.82) is 0 Å². The maximum Gasteiger partial charge on any atom is 0.224 e. The Labute approximate surface area is 129 Å².